The molecule has 0 aliphatic carbocycles. The quantitative estimate of drug-likeness (QED) is 0.696. The lowest BCUT2D eigenvalue weighted by molar-refractivity contribution is -0.142. The molecule has 2 aliphatic heterocycles. The number of morpholine rings is 2. The summed E-state index contributed by atoms with van der Waals surface area (Å²) >= 11 is 0. The van der Waals surface area contributed by atoms with Gasteiger partial charge in [0.05, 0.1) is 23.8 Å². The van der Waals surface area contributed by atoms with Crippen LogP contribution in [0.15, 0.2) is 24.3 Å². The maximum Gasteiger partial charge on any atom is 0.119 e. The van der Waals surface area contributed by atoms with Crippen molar-refractivity contribution in [1.29, 1.82) is 5.26 Å². The number of nitrogens with two attached hydrogens (primary N) is 1. The SMILES string of the molecule is N#Cc1ccc(OC[C@H](O)CN2CC3CN(CCN)CC(C2)O3)cc1. The Labute approximate surface area is 148 Å². The minimum atomic E-state index is -0.561. The van der Waals surface area contributed by atoms with Crippen LogP contribution in [-0.2, 0) is 4.74 Å². The van der Waals surface area contributed by atoms with Crippen molar-refractivity contribution in [3.63, 3.8) is 0 Å². The van der Waals surface area contributed by atoms with E-state index in [9.17, 15) is 5.11 Å². The van der Waals surface area contributed by atoms with E-state index in [1.165, 1.54) is 0 Å². The first kappa shape index (κ1) is 18.1. The van der Waals surface area contributed by atoms with Gasteiger partial charge in [-0.05, 0) is 24.3 Å². The van der Waals surface area contributed by atoms with E-state index < -0.39 is 6.10 Å². The van der Waals surface area contributed by atoms with Crippen molar-refractivity contribution in [1.82, 2.24) is 9.80 Å². The van der Waals surface area contributed by atoms with Gasteiger partial charge in [-0.3, -0.25) is 9.80 Å². The van der Waals surface area contributed by atoms with Crippen LogP contribution in [-0.4, -0.2) is 85.6 Å². The maximum atomic E-state index is 10.3. The van der Waals surface area contributed by atoms with E-state index in [0.29, 0.717) is 24.4 Å². The van der Waals surface area contributed by atoms with Gasteiger partial charge in [-0.25, -0.2) is 0 Å². The molecule has 0 radical (unpaired) electrons. The second kappa shape index (κ2) is 8.61. The highest BCUT2D eigenvalue weighted by Crippen LogP contribution is 2.19. The molecular weight excluding hydrogens is 320 g/mol. The van der Waals surface area contributed by atoms with Crippen LogP contribution in [0.25, 0.3) is 0 Å². The Hall–Kier alpha value is -1.69. The van der Waals surface area contributed by atoms with Crippen molar-refractivity contribution in [3.05, 3.63) is 29.8 Å². The van der Waals surface area contributed by atoms with Gasteiger partial charge in [-0.1, -0.05) is 0 Å². The number of aliphatic hydroxyl groups excluding tert-OH is 1. The summed E-state index contributed by atoms with van der Waals surface area (Å²) in [5, 5.41) is 19.1. The van der Waals surface area contributed by atoms with Crippen molar-refractivity contribution in [3.8, 4) is 11.8 Å². The molecule has 2 aliphatic rings. The van der Waals surface area contributed by atoms with E-state index in [-0.39, 0.29) is 18.8 Å². The largest absolute Gasteiger partial charge is 0.491 e. The summed E-state index contributed by atoms with van der Waals surface area (Å²) in [5.74, 6) is 0.661. The van der Waals surface area contributed by atoms with Gasteiger partial charge in [-0.2, -0.15) is 5.26 Å². The summed E-state index contributed by atoms with van der Waals surface area (Å²) in [6.45, 7) is 5.86. The molecule has 2 saturated heterocycles. The second-order valence-electron chi connectivity index (χ2n) is 6.75. The summed E-state index contributed by atoms with van der Waals surface area (Å²) in [6.07, 6.45) is -0.189. The highest BCUT2D eigenvalue weighted by molar-refractivity contribution is 5.34. The van der Waals surface area contributed by atoms with Gasteiger partial charge >= 0.3 is 0 Å². The zero-order chi connectivity index (χ0) is 17.6. The van der Waals surface area contributed by atoms with Crippen LogP contribution < -0.4 is 10.5 Å². The van der Waals surface area contributed by atoms with Crippen molar-refractivity contribution in [2.45, 2.75) is 18.3 Å². The van der Waals surface area contributed by atoms with Crippen molar-refractivity contribution in [2.24, 2.45) is 5.73 Å². The molecule has 136 valence electrons. The lowest BCUT2D eigenvalue weighted by atomic mass is 10.1. The molecule has 0 aromatic heterocycles. The molecule has 3 atom stereocenters. The predicted octanol–water partition coefficient (Wildman–Crippen LogP) is -0.358. The number of fused-ring (bicyclic) bond motifs is 2. The fourth-order valence-corrected chi connectivity index (χ4v) is 3.54. The molecule has 2 fully saturated rings. The first-order chi connectivity index (χ1) is 12.2. The van der Waals surface area contributed by atoms with E-state index >= 15 is 0 Å². The van der Waals surface area contributed by atoms with Crippen LogP contribution in [0, 0.1) is 11.3 Å². The summed E-state index contributed by atoms with van der Waals surface area (Å²) in [4.78, 5) is 4.62. The fraction of sp³-hybridized carbons (Fsp3) is 0.611. The monoisotopic (exact) mass is 346 g/mol. The molecule has 1 aromatic carbocycles. The molecule has 2 bridgehead atoms. The van der Waals surface area contributed by atoms with Gasteiger partial charge in [0.1, 0.15) is 18.5 Å². The second-order valence-corrected chi connectivity index (χ2v) is 6.75. The number of aliphatic hydroxyl groups is 1. The molecule has 1 aromatic rings. The first-order valence-corrected chi connectivity index (χ1v) is 8.77. The minimum absolute atomic E-state index is 0.186. The Morgan fingerprint density at radius 2 is 1.84 bits per heavy atom. The summed E-state index contributed by atoms with van der Waals surface area (Å²) in [6, 6.07) is 8.98. The zero-order valence-electron chi connectivity index (χ0n) is 14.4. The Kier molecular flexibility index (Phi) is 6.24. The van der Waals surface area contributed by atoms with Gasteiger partial charge in [0.25, 0.3) is 0 Å². The number of ether oxygens (including phenoxy) is 2. The third-order valence-electron chi connectivity index (χ3n) is 4.57. The van der Waals surface area contributed by atoms with Crippen LogP contribution in [0.5, 0.6) is 5.75 Å². The number of hydrogen-bond acceptors (Lipinski definition) is 7. The maximum absolute atomic E-state index is 10.3. The van der Waals surface area contributed by atoms with Crippen LogP contribution >= 0.6 is 0 Å². The third kappa shape index (κ3) is 5.14. The predicted molar refractivity (Wildman–Crippen MR) is 93.3 cm³/mol. The number of rotatable bonds is 7. The number of benzene rings is 1. The highest BCUT2D eigenvalue weighted by Gasteiger charge is 2.35. The van der Waals surface area contributed by atoms with E-state index in [2.05, 4.69) is 15.9 Å². The lowest BCUT2D eigenvalue weighted by Crippen LogP contribution is -2.60. The third-order valence-corrected chi connectivity index (χ3v) is 4.57. The van der Waals surface area contributed by atoms with Crippen LogP contribution in [0.2, 0.25) is 0 Å². The fourth-order valence-electron chi connectivity index (χ4n) is 3.54. The molecule has 0 saturated carbocycles. The average molecular weight is 346 g/mol. The summed E-state index contributed by atoms with van der Waals surface area (Å²) < 4.78 is 11.6. The molecule has 3 rings (SSSR count). The number of β-amino-alcohol motifs (C(OH)–C–C–N with tert-alkyl or cyclic N) is 1. The van der Waals surface area contributed by atoms with E-state index in [4.69, 9.17) is 20.5 Å². The molecule has 7 heteroatoms. The molecule has 7 nitrogen and oxygen atoms in total. The van der Waals surface area contributed by atoms with Crippen LogP contribution in [0.1, 0.15) is 5.56 Å². The Bertz CT molecular complexity index is 575. The van der Waals surface area contributed by atoms with E-state index in [0.717, 1.165) is 32.7 Å². The molecular formula is C18H26N4O3. The highest BCUT2D eigenvalue weighted by atomic mass is 16.5. The molecule has 0 amide bonds. The van der Waals surface area contributed by atoms with Crippen LogP contribution in [0.3, 0.4) is 0 Å². The van der Waals surface area contributed by atoms with Crippen molar-refractivity contribution in [2.75, 3.05) is 52.4 Å². The Balaban J connectivity index is 1.42. The summed E-state index contributed by atoms with van der Waals surface area (Å²) in [5.41, 5.74) is 6.24. The smallest absolute Gasteiger partial charge is 0.119 e. The Morgan fingerprint density at radius 1 is 1.20 bits per heavy atom. The number of hydrogen-bond donors (Lipinski definition) is 2. The molecule has 25 heavy (non-hydrogen) atoms. The molecule has 2 unspecified atom stereocenters. The molecule has 2 heterocycles. The van der Waals surface area contributed by atoms with Gasteiger partial charge < -0.3 is 20.3 Å². The Morgan fingerprint density at radius 3 is 2.44 bits per heavy atom. The lowest BCUT2D eigenvalue weighted by Gasteiger charge is -2.46. The van der Waals surface area contributed by atoms with Crippen molar-refractivity contribution >= 4 is 0 Å². The molecule has 0 spiro atoms. The zero-order valence-corrected chi connectivity index (χ0v) is 14.4. The minimum Gasteiger partial charge on any atom is -0.491 e. The normalized spacial score (nSPS) is 25.3. The van der Waals surface area contributed by atoms with Gasteiger partial charge in [0.15, 0.2) is 0 Å². The van der Waals surface area contributed by atoms with Gasteiger partial charge in [-0.15, -0.1) is 0 Å². The summed E-state index contributed by atoms with van der Waals surface area (Å²) in [7, 11) is 0. The topological polar surface area (TPSA) is 95.0 Å². The number of nitriles is 1. The van der Waals surface area contributed by atoms with E-state index in [1.807, 2.05) is 0 Å². The van der Waals surface area contributed by atoms with Gasteiger partial charge in [0.2, 0.25) is 0 Å². The standard InChI is InChI=1S/C18H26N4O3/c19-5-6-21-9-17-11-22(12-18(10-21)25-17)8-15(23)13-24-16-3-1-14(7-20)2-4-16/h1-4,15,17-18,23H,5-6,8-13,19H2/t15-,17?,18?/m1/s1. The molecule has 3 N–H and O–H groups in total. The first-order valence-electron chi connectivity index (χ1n) is 8.77. The van der Waals surface area contributed by atoms with Gasteiger partial charge in [0, 0.05) is 45.8 Å². The van der Waals surface area contributed by atoms with Crippen molar-refractivity contribution < 1.29 is 14.6 Å². The average Bonchev–Trinajstić information content (AvgIpc) is 2.60. The number of nitrogens with zero attached hydrogens (tertiary/aromatic N) is 3. The van der Waals surface area contributed by atoms with E-state index in [1.54, 1.807) is 24.3 Å². The van der Waals surface area contributed by atoms with Crippen LogP contribution in [0.4, 0.5) is 0 Å².